The van der Waals surface area contributed by atoms with Gasteiger partial charge in [0.1, 0.15) is 5.82 Å². The van der Waals surface area contributed by atoms with Crippen LogP contribution in [0.4, 0.5) is 4.39 Å². The first-order valence-electron chi connectivity index (χ1n) is 7.99. The number of carboxylic acid groups (broad SMARTS) is 1. The van der Waals surface area contributed by atoms with Gasteiger partial charge in [-0.05, 0) is 44.0 Å². The third-order valence-corrected chi connectivity index (χ3v) is 4.40. The Hall–Kier alpha value is -2.70. The summed E-state index contributed by atoms with van der Waals surface area (Å²) in [5.74, 6) is -1.85. The van der Waals surface area contributed by atoms with Crippen molar-refractivity contribution < 1.29 is 19.1 Å². The molecule has 25 heavy (non-hydrogen) atoms. The number of carbonyl (C=O) groups excluding carboxylic acids is 1. The van der Waals surface area contributed by atoms with Gasteiger partial charge in [0.05, 0.1) is 17.6 Å². The number of rotatable bonds is 6. The van der Waals surface area contributed by atoms with Crippen LogP contribution in [0.25, 0.3) is 5.69 Å². The van der Waals surface area contributed by atoms with Crippen molar-refractivity contribution in [1.82, 2.24) is 15.1 Å². The van der Waals surface area contributed by atoms with E-state index >= 15 is 0 Å². The number of carbonyl (C=O) groups is 2. The summed E-state index contributed by atoms with van der Waals surface area (Å²) in [5, 5.41) is 16.2. The second kappa shape index (κ2) is 7.04. The number of nitrogens with zero attached hydrogens (tertiary/aromatic N) is 2. The van der Waals surface area contributed by atoms with Crippen LogP contribution >= 0.6 is 0 Å². The maximum Gasteiger partial charge on any atom is 0.305 e. The molecular weight excluding hydrogens is 325 g/mol. The molecule has 0 fully saturated rings. The molecule has 1 atom stereocenters. The lowest BCUT2D eigenvalue weighted by molar-refractivity contribution is -0.138. The predicted octanol–water partition coefficient (Wildman–Crippen LogP) is 2.94. The van der Waals surface area contributed by atoms with E-state index in [4.69, 9.17) is 5.11 Å². The van der Waals surface area contributed by atoms with Crippen LogP contribution in [0.2, 0.25) is 0 Å². The first-order chi connectivity index (χ1) is 11.6. The standard InChI is InChI=1S/C18H22FN3O3/c1-11(2)18(4,9-15(23)24)20-17(25)16-12(3)10-22(21-16)14-7-5-13(19)6-8-14/h5-8,10-11H,9H2,1-4H3,(H,20,25)(H,23,24). The Morgan fingerprint density at radius 3 is 2.44 bits per heavy atom. The highest BCUT2D eigenvalue weighted by Gasteiger charge is 2.34. The molecule has 2 aromatic rings. The van der Waals surface area contributed by atoms with Crippen molar-refractivity contribution in [3.8, 4) is 5.69 Å². The van der Waals surface area contributed by atoms with Gasteiger partial charge in [0.2, 0.25) is 0 Å². The van der Waals surface area contributed by atoms with E-state index in [-0.39, 0.29) is 23.8 Å². The Morgan fingerprint density at radius 1 is 1.32 bits per heavy atom. The molecule has 1 aromatic heterocycles. The Bertz CT molecular complexity index is 783. The summed E-state index contributed by atoms with van der Waals surface area (Å²) < 4.78 is 14.5. The van der Waals surface area contributed by atoms with Crippen LogP contribution in [0.15, 0.2) is 30.5 Å². The van der Waals surface area contributed by atoms with Gasteiger partial charge >= 0.3 is 5.97 Å². The number of aromatic nitrogens is 2. The van der Waals surface area contributed by atoms with Gasteiger partial charge in [0.15, 0.2) is 5.69 Å². The molecule has 0 radical (unpaired) electrons. The molecule has 2 rings (SSSR count). The first kappa shape index (κ1) is 18.6. The topological polar surface area (TPSA) is 84.2 Å². The third-order valence-electron chi connectivity index (χ3n) is 4.40. The molecule has 0 bridgehead atoms. The predicted molar refractivity (Wildman–Crippen MR) is 91.2 cm³/mol. The number of nitrogens with one attached hydrogen (secondary N) is 1. The van der Waals surface area contributed by atoms with Gasteiger partial charge in [-0.3, -0.25) is 9.59 Å². The fourth-order valence-corrected chi connectivity index (χ4v) is 2.44. The van der Waals surface area contributed by atoms with Crippen LogP contribution in [0.5, 0.6) is 0 Å². The van der Waals surface area contributed by atoms with Gasteiger partial charge in [-0.1, -0.05) is 13.8 Å². The van der Waals surface area contributed by atoms with Crippen molar-refractivity contribution in [2.75, 3.05) is 0 Å². The molecule has 0 aliphatic rings. The molecule has 0 aliphatic carbocycles. The molecule has 0 spiro atoms. The van der Waals surface area contributed by atoms with E-state index in [1.165, 1.54) is 16.8 Å². The summed E-state index contributed by atoms with van der Waals surface area (Å²) in [5.41, 5.74) is 0.584. The molecular formula is C18H22FN3O3. The summed E-state index contributed by atoms with van der Waals surface area (Å²) in [6.07, 6.45) is 1.49. The van der Waals surface area contributed by atoms with Crippen LogP contribution in [0.1, 0.15) is 43.2 Å². The monoisotopic (exact) mass is 347 g/mol. The minimum Gasteiger partial charge on any atom is -0.481 e. The second-order valence-electron chi connectivity index (χ2n) is 6.68. The van der Waals surface area contributed by atoms with Crippen molar-refractivity contribution in [3.63, 3.8) is 0 Å². The highest BCUT2D eigenvalue weighted by Crippen LogP contribution is 2.22. The lowest BCUT2D eigenvalue weighted by atomic mass is 9.85. The summed E-state index contributed by atoms with van der Waals surface area (Å²) in [4.78, 5) is 23.7. The van der Waals surface area contributed by atoms with Gasteiger partial charge in [0.25, 0.3) is 5.91 Å². The van der Waals surface area contributed by atoms with Gasteiger partial charge in [-0.15, -0.1) is 0 Å². The van der Waals surface area contributed by atoms with Crippen LogP contribution in [0, 0.1) is 18.7 Å². The zero-order chi connectivity index (χ0) is 18.8. The van der Waals surface area contributed by atoms with Gasteiger partial charge < -0.3 is 10.4 Å². The Labute approximate surface area is 145 Å². The van der Waals surface area contributed by atoms with Gasteiger partial charge in [0, 0.05) is 11.8 Å². The zero-order valence-corrected chi connectivity index (χ0v) is 14.7. The molecule has 134 valence electrons. The highest BCUT2D eigenvalue weighted by molar-refractivity contribution is 5.94. The molecule has 0 saturated heterocycles. The summed E-state index contributed by atoms with van der Waals surface area (Å²) in [6.45, 7) is 7.15. The minimum atomic E-state index is -0.981. The Kier molecular flexibility index (Phi) is 5.25. The Balaban J connectivity index is 2.27. The van der Waals surface area contributed by atoms with Crippen molar-refractivity contribution in [3.05, 3.63) is 47.5 Å². The lowest BCUT2D eigenvalue weighted by Gasteiger charge is -2.33. The Morgan fingerprint density at radius 2 is 1.92 bits per heavy atom. The molecule has 1 unspecified atom stereocenters. The number of halogens is 1. The average molecular weight is 347 g/mol. The first-order valence-corrected chi connectivity index (χ1v) is 7.99. The van der Waals surface area contributed by atoms with E-state index in [0.717, 1.165) is 0 Å². The number of benzene rings is 1. The maximum atomic E-state index is 13.0. The minimum absolute atomic E-state index is 0.0768. The smallest absolute Gasteiger partial charge is 0.305 e. The summed E-state index contributed by atoms with van der Waals surface area (Å²) in [6, 6.07) is 5.75. The van der Waals surface area contributed by atoms with Crippen molar-refractivity contribution >= 4 is 11.9 Å². The van der Waals surface area contributed by atoms with Crippen molar-refractivity contribution in [2.45, 2.75) is 39.7 Å². The molecule has 0 aliphatic heterocycles. The van der Waals surface area contributed by atoms with E-state index in [0.29, 0.717) is 11.3 Å². The summed E-state index contributed by atoms with van der Waals surface area (Å²) >= 11 is 0. The quantitative estimate of drug-likeness (QED) is 0.841. The molecule has 7 heteroatoms. The van der Waals surface area contributed by atoms with Gasteiger partial charge in [-0.25, -0.2) is 9.07 Å². The van der Waals surface area contributed by atoms with Crippen LogP contribution < -0.4 is 5.32 Å². The fourth-order valence-electron chi connectivity index (χ4n) is 2.44. The molecule has 1 amide bonds. The fraction of sp³-hybridized carbons (Fsp3) is 0.389. The van der Waals surface area contributed by atoms with E-state index in [9.17, 15) is 14.0 Å². The number of carboxylic acids is 1. The normalized spacial score (nSPS) is 13.5. The van der Waals surface area contributed by atoms with Gasteiger partial charge in [-0.2, -0.15) is 5.10 Å². The molecule has 1 heterocycles. The van der Waals surface area contributed by atoms with E-state index < -0.39 is 17.4 Å². The summed E-state index contributed by atoms with van der Waals surface area (Å²) in [7, 11) is 0. The number of aliphatic carboxylic acids is 1. The zero-order valence-electron chi connectivity index (χ0n) is 14.7. The lowest BCUT2D eigenvalue weighted by Crippen LogP contribution is -2.51. The largest absolute Gasteiger partial charge is 0.481 e. The maximum absolute atomic E-state index is 13.0. The molecule has 0 saturated carbocycles. The molecule has 1 aromatic carbocycles. The van der Waals surface area contributed by atoms with Crippen LogP contribution in [0.3, 0.4) is 0 Å². The number of hydrogen-bond acceptors (Lipinski definition) is 3. The number of amides is 1. The average Bonchev–Trinajstić information content (AvgIpc) is 2.89. The number of hydrogen-bond donors (Lipinski definition) is 2. The van der Waals surface area contributed by atoms with Crippen molar-refractivity contribution in [2.24, 2.45) is 5.92 Å². The van der Waals surface area contributed by atoms with Crippen molar-refractivity contribution in [1.29, 1.82) is 0 Å². The van der Waals surface area contributed by atoms with Crippen LogP contribution in [-0.4, -0.2) is 32.3 Å². The second-order valence-corrected chi connectivity index (χ2v) is 6.68. The third kappa shape index (κ3) is 4.23. The van der Waals surface area contributed by atoms with E-state index in [2.05, 4.69) is 10.4 Å². The highest BCUT2D eigenvalue weighted by atomic mass is 19.1. The van der Waals surface area contributed by atoms with E-state index in [1.54, 1.807) is 32.2 Å². The van der Waals surface area contributed by atoms with E-state index in [1.807, 2.05) is 13.8 Å². The molecule has 2 N–H and O–H groups in total. The molecule has 6 nitrogen and oxygen atoms in total. The number of aryl methyl sites for hydroxylation is 1. The SMILES string of the molecule is Cc1cn(-c2ccc(F)cc2)nc1C(=O)NC(C)(CC(=O)O)C(C)C. The van der Waals surface area contributed by atoms with Crippen LogP contribution in [-0.2, 0) is 4.79 Å².